The van der Waals surface area contributed by atoms with E-state index < -0.39 is 17.4 Å². The van der Waals surface area contributed by atoms with Gasteiger partial charge in [0.2, 0.25) is 0 Å². The Hall–Kier alpha value is -4.14. The van der Waals surface area contributed by atoms with E-state index in [1.807, 2.05) is 25.1 Å². The molecule has 0 saturated heterocycles. The third-order valence-electron chi connectivity index (χ3n) is 5.60. The molecule has 0 aliphatic rings. The van der Waals surface area contributed by atoms with Gasteiger partial charge in [0.25, 0.3) is 5.91 Å². The van der Waals surface area contributed by atoms with Gasteiger partial charge in [0.1, 0.15) is 5.54 Å². The molecule has 168 valence electrons. The van der Waals surface area contributed by atoms with Gasteiger partial charge in [-0.25, -0.2) is 14.5 Å². The zero-order valence-corrected chi connectivity index (χ0v) is 18.6. The minimum absolute atomic E-state index is 0.361. The predicted octanol–water partition coefficient (Wildman–Crippen LogP) is 3.01. The van der Waals surface area contributed by atoms with Gasteiger partial charge in [-0.05, 0) is 43.2 Å². The smallest absolute Gasteiger partial charge is 0.331 e. The molecular formula is C24H24N6O3. The van der Waals surface area contributed by atoms with Crippen LogP contribution < -0.4 is 5.32 Å². The molecule has 0 aliphatic carbocycles. The molecule has 0 aromatic carbocycles. The predicted molar refractivity (Wildman–Crippen MR) is 122 cm³/mol. The number of hydrogen-bond donors (Lipinski definition) is 1. The van der Waals surface area contributed by atoms with Crippen molar-refractivity contribution in [3.63, 3.8) is 0 Å². The number of esters is 1. The molecule has 0 spiro atoms. The Morgan fingerprint density at radius 1 is 1.12 bits per heavy atom. The molecule has 0 aliphatic heterocycles. The van der Waals surface area contributed by atoms with Gasteiger partial charge in [0, 0.05) is 30.4 Å². The lowest BCUT2D eigenvalue weighted by Gasteiger charge is -2.26. The molecule has 0 bridgehead atoms. The summed E-state index contributed by atoms with van der Waals surface area (Å²) in [4.78, 5) is 38.8. The second-order valence-corrected chi connectivity index (χ2v) is 7.83. The monoisotopic (exact) mass is 444 g/mol. The van der Waals surface area contributed by atoms with Crippen molar-refractivity contribution in [1.29, 1.82) is 0 Å². The maximum atomic E-state index is 13.4. The highest BCUT2D eigenvalue weighted by molar-refractivity contribution is 6.08. The molecule has 4 rings (SSSR count). The van der Waals surface area contributed by atoms with Crippen molar-refractivity contribution < 1.29 is 14.3 Å². The van der Waals surface area contributed by atoms with Crippen LogP contribution in [-0.4, -0.2) is 49.3 Å². The summed E-state index contributed by atoms with van der Waals surface area (Å²) >= 11 is 0. The Bertz CT molecular complexity index is 1290. The zero-order valence-electron chi connectivity index (χ0n) is 18.6. The summed E-state index contributed by atoms with van der Waals surface area (Å²) in [6.07, 6.45) is 8.80. The fourth-order valence-electron chi connectivity index (χ4n) is 3.50. The molecule has 0 fully saturated rings. The number of hydrogen-bond acceptors (Lipinski definition) is 7. The van der Waals surface area contributed by atoms with E-state index in [4.69, 9.17) is 9.72 Å². The molecule has 1 N–H and O–H groups in total. The summed E-state index contributed by atoms with van der Waals surface area (Å²) in [5.74, 6) is -0.924. The molecule has 4 aromatic heterocycles. The van der Waals surface area contributed by atoms with Crippen LogP contribution in [0.3, 0.4) is 0 Å². The van der Waals surface area contributed by atoms with Crippen molar-refractivity contribution in [1.82, 2.24) is 30.0 Å². The van der Waals surface area contributed by atoms with Gasteiger partial charge in [0.15, 0.2) is 5.65 Å². The van der Waals surface area contributed by atoms with Gasteiger partial charge in [-0.1, -0.05) is 13.0 Å². The van der Waals surface area contributed by atoms with Crippen LogP contribution in [0.25, 0.3) is 22.3 Å². The number of pyridine rings is 3. The maximum absolute atomic E-state index is 13.4. The standard InChI is InChI=1S/C24H24N6O3/c1-4-24(2,23(32)33-3)29-22(31)18-11-20(17-8-6-10-26-13-17)28-21-19(18)14-27-30(21)15-16-7-5-9-25-12-16/h5-14H,4,15H2,1-3H3,(H,29,31)/t24-/m1/s1. The van der Waals surface area contributed by atoms with Crippen molar-refractivity contribution in [3.8, 4) is 11.3 Å². The number of ether oxygens (including phenoxy) is 1. The first-order chi connectivity index (χ1) is 15.9. The van der Waals surface area contributed by atoms with Gasteiger partial charge >= 0.3 is 5.97 Å². The molecule has 0 unspecified atom stereocenters. The van der Waals surface area contributed by atoms with Gasteiger partial charge in [0.05, 0.1) is 36.5 Å². The third kappa shape index (κ3) is 4.43. The Morgan fingerprint density at radius 3 is 2.52 bits per heavy atom. The van der Waals surface area contributed by atoms with Crippen LogP contribution in [0, 0.1) is 0 Å². The molecule has 9 heteroatoms. The van der Waals surface area contributed by atoms with E-state index in [1.54, 1.807) is 54.7 Å². The highest BCUT2D eigenvalue weighted by Gasteiger charge is 2.35. The molecular weight excluding hydrogens is 420 g/mol. The van der Waals surface area contributed by atoms with Crippen molar-refractivity contribution in [3.05, 3.63) is 72.4 Å². The molecule has 1 atom stereocenters. The Balaban J connectivity index is 1.82. The number of fused-ring (bicyclic) bond motifs is 1. The molecule has 0 radical (unpaired) electrons. The van der Waals surface area contributed by atoms with Gasteiger partial charge in [-0.2, -0.15) is 5.10 Å². The first-order valence-electron chi connectivity index (χ1n) is 10.5. The fourth-order valence-corrected chi connectivity index (χ4v) is 3.50. The fraction of sp³-hybridized carbons (Fsp3) is 0.250. The number of rotatable bonds is 7. The number of carbonyl (C=O) groups excluding carboxylic acids is 2. The van der Waals surface area contributed by atoms with E-state index in [2.05, 4.69) is 20.4 Å². The minimum Gasteiger partial charge on any atom is -0.467 e. The van der Waals surface area contributed by atoms with E-state index in [0.29, 0.717) is 35.3 Å². The first-order valence-corrected chi connectivity index (χ1v) is 10.5. The van der Waals surface area contributed by atoms with E-state index in [9.17, 15) is 9.59 Å². The van der Waals surface area contributed by atoms with Gasteiger partial charge in [-0.3, -0.25) is 14.8 Å². The zero-order chi connectivity index (χ0) is 23.4. The lowest BCUT2D eigenvalue weighted by atomic mass is 9.98. The average Bonchev–Trinajstić information content (AvgIpc) is 3.26. The van der Waals surface area contributed by atoms with Crippen molar-refractivity contribution in [2.24, 2.45) is 0 Å². The summed E-state index contributed by atoms with van der Waals surface area (Å²) < 4.78 is 6.62. The van der Waals surface area contributed by atoms with Crippen LogP contribution in [0.5, 0.6) is 0 Å². The van der Waals surface area contributed by atoms with Gasteiger partial charge in [-0.15, -0.1) is 0 Å². The van der Waals surface area contributed by atoms with Crippen molar-refractivity contribution in [2.75, 3.05) is 7.11 Å². The van der Waals surface area contributed by atoms with Crippen LogP contribution in [0.2, 0.25) is 0 Å². The summed E-state index contributed by atoms with van der Waals surface area (Å²) in [5.41, 5.74) is 2.02. The molecule has 1 amide bonds. The van der Waals surface area contributed by atoms with Crippen LogP contribution in [0.1, 0.15) is 36.2 Å². The third-order valence-corrected chi connectivity index (χ3v) is 5.60. The lowest BCUT2D eigenvalue weighted by molar-refractivity contribution is -0.147. The second-order valence-electron chi connectivity index (χ2n) is 7.83. The van der Waals surface area contributed by atoms with Crippen LogP contribution in [0.15, 0.2) is 61.3 Å². The number of nitrogens with zero attached hydrogens (tertiary/aromatic N) is 5. The highest BCUT2D eigenvalue weighted by Crippen LogP contribution is 2.26. The molecule has 9 nitrogen and oxygen atoms in total. The molecule has 4 heterocycles. The molecule has 33 heavy (non-hydrogen) atoms. The van der Waals surface area contributed by atoms with E-state index in [-0.39, 0.29) is 0 Å². The summed E-state index contributed by atoms with van der Waals surface area (Å²) in [5, 5.41) is 7.89. The van der Waals surface area contributed by atoms with Crippen molar-refractivity contribution in [2.45, 2.75) is 32.4 Å². The summed E-state index contributed by atoms with van der Waals surface area (Å²) in [7, 11) is 1.30. The Morgan fingerprint density at radius 2 is 1.88 bits per heavy atom. The largest absolute Gasteiger partial charge is 0.467 e. The SMILES string of the molecule is CC[C@@](C)(NC(=O)c1cc(-c2cccnc2)nc2c1cnn2Cc1cccnc1)C(=O)OC. The van der Waals surface area contributed by atoms with Crippen molar-refractivity contribution >= 4 is 22.9 Å². The topological polar surface area (TPSA) is 112 Å². The number of nitrogens with one attached hydrogen (secondary N) is 1. The quantitative estimate of drug-likeness (QED) is 0.436. The summed E-state index contributed by atoms with van der Waals surface area (Å²) in [6, 6.07) is 9.17. The summed E-state index contributed by atoms with van der Waals surface area (Å²) in [6.45, 7) is 3.89. The van der Waals surface area contributed by atoms with E-state index in [0.717, 1.165) is 11.1 Å². The van der Waals surface area contributed by atoms with Gasteiger partial charge < -0.3 is 10.1 Å². The average molecular weight is 444 g/mol. The van der Waals surface area contributed by atoms with E-state index >= 15 is 0 Å². The Kier molecular flexibility index (Phi) is 6.12. The number of methoxy groups -OCH3 is 1. The Labute approximate surface area is 190 Å². The number of amides is 1. The lowest BCUT2D eigenvalue weighted by Crippen LogP contribution is -2.52. The number of aromatic nitrogens is 5. The van der Waals surface area contributed by atoms with E-state index in [1.165, 1.54) is 7.11 Å². The number of carbonyl (C=O) groups is 2. The highest BCUT2D eigenvalue weighted by atomic mass is 16.5. The maximum Gasteiger partial charge on any atom is 0.331 e. The normalized spacial score (nSPS) is 12.8. The van der Waals surface area contributed by atoms with Crippen LogP contribution in [0.4, 0.5) is 0 Å². The van der Waals surface area contributed by atoms with Crippen LogP contribution in [-0.2, 0) is 16.1 Å². The first kappa shape index (κ1) is 22.1. The van der Waals surface area contributed by atoms with Crippen LogP contribution >= 0.6 is 0 Å². The molecule has 0 saturated carbocycles. The second kappa shape index (κ2) is 9.15. The minimum atomic E-state index is -1.17. The molecule has 4 aromatic rings.